The summed E-state index contributed by atoms with van der Waals surface area (Å²) < 4.78 is 36.4. The average molecular weight is 374 g/mol. The van der Waals surface area contributed by atoms with Gasteiger partial charge in [-0.1, -0.05) is 54.1 Å². The summed E-state index contributed by atoms with van der Waals surface area (Å²) in [6.45, 7) is -1.32. The maximum Gasteiger partial charge on any atom is 0.405 e. The summed E-state index contributed by atoms with van der Waals surface area (Å²) in [5, 5.41) is 2.31. The molecule has 0 spiro atoms. The highest BCUT2D eigenvalue weighted by atomic mass is 35.5. The molecule has 0 saturated heterocycles. The van der Waals surface area contributed by atoms with Crippen LogP contribution in [0.1, 0.15) is 16.4 Å². The third-order valence-electron chi connectivity index (χ3n) is 3.14. The molecule has 0 fully saturated rings. The SMILES string of the molecule is O=C(CSC(c1ccccc1)c1ccc(Cl)cc1)NCC(F)(F)F. The van der Waals surface area contributed by atoms with Gasteiger partial charge < -0.3 is 5.32 Å². The predicted molar refractivity (Wildman–Crippen MR) is 91.3 cm³/mol. The number of nitrogens with one attached hydrogen (secondary N) is 1. The number of rotatable bonds is 6. The van der Waals surface area contributed by atoms with Gasteiger partial charge in [0.25, 0.3) is 0 Å². The molecular formula is C17H15ClF3NOS. The van der Waals surface area contributed by atoms with Gasteiger partial charge in [-0.15, -0.1) is 11.8 Å². The Hall–Kier alpha value is -1.66. The standard InChI is InChI=1S/C17H15ClF3NOS/c18-14-8-6-13(7-9-14)16(12-4-2-1-3-5-12)24-10-15(23)22-11-17(19,20)21/h1-9,16H,10-11H2,(H,22,23). The molecule has 0 aliphatic heterocycles. The van der Waals surface area contributed by atoms with Crippen molar-refractivity contribution in [2.24, 2.45) is 0 Å². The number of hydrogen-bond acceptors (Lipinski definition) is 2. The third kappa shape index (κ3) is 6.09. The zero-order valence-corrected chi connectivity index (χ0v) is 14.1. The Morgan fingerprint density at radius 3 is 2.21 bits per heavy atom. The smallest absolute Gasteiger partial charge is 0.346 e. The van der Waals surface area contributed by atoms with Gasteiger partial charge in [0.05, 0.1) is 11.0 Å². The first-order valence-electron chi connectivity index (χ1n) is 7.10. The fraction of sp³-hybridized carbons (Fsp3) is 0.235. The molecule has 0 bridgehead atoms. The van der Waals surface area contributed by atoms with Crippen LogP contribution in [0.2, 0.25) is 5.02 Å². The summed E-state index contributed by atoms with van der Waals surface area (Å²) in [6, 6.07) is 16.7. The van der Waals surface area contributed by atoms with Crippen molar-refractivity contribution in [3.8, 4) is 0 Å². The number of amides is 1. The summed E-state index contributed by atoms with van der Waals surface area (Å²) in [7, 11) is 0. The van der Waals surface area contributed by atoms with Crippen molar-refractivity contribution >= 4 is 29.3 Å². The summed E-state index contributed by atoms with van der Waals surface area (Å²) in [6.07, 6.45) is -4.41. The zero-order valence-electron chi connectivity index (χ0n) is 12.5. The van der Waals surface area contributed by atoms with Crippen LogP contribution in [-0.4, -0.2) is 24.4 Å². The monoisotopic (exact) mass is 373 g/mol. The van der Waals surface area contributed by atoms with Gasteiger partial charge in [-0.25, -0.2) is 0 Å². The Balaban J connectivity index is 2.07. The second kappa shape index (κ2) is 8.44. The van der Waals surface area contributed by atoms with E-state index in [1.54, 1.807) is 12.1 Å². The van der Waals surface area contributed by atoms with E-state index in [-0.39, 0.29) is 11.0 Å². The van der Waals surface area contributed by atoms with Crippen LogP contribution in [0, 0.1) is 0 Å². The molecule has 0 saturated carbocycles. The fourth-order valence-electron chi connectivity index (χ4n) is 2.06. The number of carbonyl (C=O) groups is 1. The lowest BCUT2D eigenvalue weighted by Gasteiger charge is -2.18. The summed E-state index contributed by atoms with van der Waals surface area (Å²) in [4.78, 5) is 11.7. The van der Waals surface area contributed by atoms with Gasteiger partial charge in [0.15, 0.2) is 0 Å². The first-order valence-corrected chi connectivity index (χ1v) is 8.53. The van der Waals surface area contributed by atoms with E-state index in [9.17, 15) is 18.0 Å². The Morgan fingerprint density at radius 2 is 1.62 bits per heavy atom. The molecule has 24 heavy (non-hydrogen) atoms. The Morgan fingerprint density at radius 1 is 1.04 bits per heavy atom. The van der Waals surface area contributed by atoms with E-state index in [2.05, 4.69) is 0 Å². The molecule has 0 aliphatic rings. The van der Waals surface area contributed by atoms with Crippen molar-refractivity contribution in [3.63, 3.8) is 0 Å². The van der Waals surface area contributed by atoms with E-state index in [4.69, 9.17) is 11.6 Å². The van der Waals surface area contributed by atoms with Crippen LogP contribution in [0.25, 0.3) is 0 Å². The number of thioether (sulfide) groups is 1. The minimum absolute atomic E-state index is 0.0712. The van der Waals surface area contributed by atoms with E-state index in [0.29, 0.717) is 5.02 Å². The lowest BCUT2D eigenvalue weighted by atomic mass is 10.0. The topological polar surface area (TPSA) is 29.1 Å². The lowest BCUT2D eigenvalue weighted by Crippen LogP contribution is -2.34. The lowest BCUT2D eigenvalue weighted by molar-refractivity contribution is -0.136. The van der Waals surface area contributed by atoms with Gasteiger partial charge in [0, 0.05) is 5.02 Å². The molecule has 1 atom stereocenters. The maximum absolute atomic E-state index is 12.1. The molecule has 1 N–H and O–H groups in total. The number of alkyl halides is 3. The molecule has 1 unspecified atom stereocenters. The van der Waals surface area contributed by atoms with Crippen LogP contribution in [0.4, 0.5) is 13.2 Å². The van der Waals surface area contributed by atoms with E-state index in [1.165, 1.54) is 11.8 Å². The summed E-state index contributed by atoms with van der Waals surface area (Å²) in [5.41, 5.74) is 1.90. The van der Waals surface area contributed by atoms with Crippen LogP contribution in [0.15, 0.2) is 54.6 Å². The van der Waals surface area contributed by atoms with Crippen molar-refractivity contribution in [3.05, 3.63) is 70.7 Å². The first kappa shape index (κ1) is 18.7. The third-order valence-corrected chi connectivity index (χ3v) is 4.70. The van der Waals surface area contributed by atoms with E-state index < -0.39 is 18.6 Å². The highest BCUT2D eigenvalue weighted by Crippen LogP contribution is 2.35. The van der Waals surface area contributed by atoms with E-state index in [1.807, 2.05) is 47.8 Å². The van der Waals surface area contributed by atoms with Crippen LogP contribution in [0.5, 0.6) is 0 Å². The molecule has 7 heteroatoms. The van der Waals surface area contributed by atoms with Gasteiger partial charge in [0.1, 0.15) is 6.54 Å². The van der Waals surface area contributed by atoms with Gasteiger partial charge in [-0.2, -0.15) is 13.2 Å². The number of halogens is 4. The predicted octanol–water partition coefficient (Wildman–Crippen LogP) is 4.84. The van der Waals surface area contributed by atoms with Crippen molar-refractivity contribution in [1.82, 2.24) is 5.32 Å². The van der Waals surface area contributed by atoms with Crippen LogP contribution in [0.3, 0.4) is 0 Å². The van der Waals surface area contributed by atoms with Crippen LogP contribution in [-0.2, 0) is 4.79 Å². The Labute approximate surface area is 147 Å². The van der Waals surface area contributed by atoms with Gasteiger partial charge in [-0.3, -0.25) is 4.79 Å². The van der Waals surface area contributed by atoms with E-state index >= 15 is 0 Å². The largest absolute Gasteiger partial charge is 0.405 e. The van der Waals surface area contributed by atoms with Gasteiger partial charge in [-0.05, 0) is 23.3 Å². The average Bonchev–Trinajstić information content (AvgIpc) is 2.55. The quantitative estimate of drug-likeness (QED) is 0.785. The number of hydrogen-bond donors (Lipinski definition) is 1. The Kier molecular flexibility index (Phi) is 6.57. The molecule has 0 aromatic heterocycles. The van der Waals surface area contributed by atoms with Crippen molar-refractivity contribution in [2.45, 2.75) is 11.4 Å². The molecule has 0 radical (unpaired) electrons. The van der Waals surface area contributed by atoms with Crippen LogP contribution >= 0.6 is 23.4 Å². The second-order valence-electron chi connectivity index (χ2n) is 5.05. The maximum atomic E-state index is 12.1. The first-order chi connectivity index (χ1) is 11.3. The van der Waals surface area contributed by atoms with Crippen molar-refractivity contribution < 1.29 is 18.0 Å². The molecule has 2 aromatic carbocycles. The molecule has 2 nitrogen and oxygen atoms in total. The molecule has 1 amide bonds. The van der Waals surface area contributed by atoms with Crippen LogP contribution < -0.4 is 5.32 Å². The molecule has 0 heterocycles. The molecule has 128 valence electrons. The van der Waals surface area contributed by atoms with Crippen molar-refractivity contribution in [1.29, 1.82) is 0 Å². The summed E-state index contributed by atoms with van der Waals surface area (Å²) >= 11 is 7.17. The van der Waals surface area contributed by atoms with E-state index in [0.717, 1.165) is 11.1 Å². The summed E-state index contributed by atoms with van der Waals surface area (Å²) in [5.74, 6) is -0.717. The highest BCUT2D eigenvalue weighted by Gasteiger charge is 2.27. The molecule has 0 aliphatic carbocycles. The zero-order chi connectivity index (χ0) is 17.6. The van der Waals surface area contributed by atoms with Gasteiger partial charge >= 0.3 is 6.18 Å². The minimum Gasteiger partial charge on any atom is -0.346 e. The normalized spacial score (nSPS) is 12.7. The van der Waals surface area contributed by atoms with Gasteiger partial charge in [0.2, 0.25) is 5.91 Å². The number of benzene rings is 2. The minimum atomic E-state index is -4.41. The second-order valence-corrected chi connectivity index (χ2v) is 6.58. The molecule has 2 rings (SSSR count). The number of carbonyl (C=O) groups excluding carboxylic acids is 1. The Bertz CT molecular complexity index is 662. The molecule has 2 aromatic rings. The fourth-order valence-corrected chi connectivity index (χ4v) is 3.30. The highest BCUT2D eigenvalue weighted by molar-refractivity contribution is 8.00. The van der Waals surface area contributed by atoms with Crippen molar-refractivity contribution in [2.75, 3.05) is 12.3 Å². The molecular weight excluding hydrogens is 359 g/mol.